The van der Waals surface area contributed by atoms with Gasteiger partial charge in [-0.1, -0.05) is 18.2 Å². The summed E-state index contributed by atoms with van der Waals surface area (Å²) in [5.74, 6) is -6.56. The molecule has 1 heterocycles. The van der Waals surface area contributed by atoms with Crippen LogP contribution in [0, 0.1) is 0 Å². The molecule has 0 bridgehead atoms. The van der Waals surface area contributed by atoms with Crippen molar-refractivity contribution >= 4 is 90.2 Å². The van der Waals surface area contributed by atoms with Crippen molar-refractivity contribution in [2.75, 3.05) is 0 Å². The fourth-order valence-electron chi connectivity index (χ4n) is 5.70. The Bertz CT molecular complexity index is 2230. The summed E-state index contributed by atoms with van der Waals surface area (Å²) in [6.45, 7) is 0. The number of fused-ring (bicyclic) bond motifs is 1. The molecule has 198 valence electrons. The second-order valence-electron chi connectivity index (χ2n) is 8.87. The van der Waals surface area contributed by atoms with E-state index < -0.39 is 69.4 Å². The molecule has 6 rings (SSSR count). The monoisotopic (exact) mass is 544 g/mol. The molecule has 0 spiro atoms. The summed E-state index contributed by atoms with van der Waals surface area (Å²) in [4.78, 5) is 74.3. The van der Waals surface area contributed by atoms with Crippen molar-refractivity contribution in [3.63, 3.8) is 0 Å². The minimum atomic E-state index is -1.91. The number of hydrogen-bond donors (Lipinski definition) is 6. The maximum Gasteiger partial charge on any atom is 0.431 e. The predicted octanol–water partition coefficient (Wildman–Crippen LogP) is 4.34. The largest absolute Gasteiger partial charge is 0.478 e. The average molecular weight is 544 g/mol. The van der Waals surface area contributed by atoms with Gasteiger partial charge in [-0.25, -0.2) is 28.8 Å². The van der Waals surface area contributed by atoms with Gasteiger partial charge in [0.15, 0.2) is 0 Å². The SMILES string of the molecule is O=C(O)c1cc2c3c(c1C(=O)O)c1cccc4cc(C(=O)O)c5c(C(=O)O)cc(c3c5c41)n(C(=O)O)n2C(=O)O. The van der Waals surface area contributed by atoms with E-state index in [1.54, 1.807) is 0 Å². The van der Waals surface area contributed by atoms with Gasteiger partial charge in [-0.05, 0) is 34.4 Å². The number of hydrogen-bond acceptors (Lipinski definition) is 6. The van der Waals surface area contributed by atoms with E-state index in [1.165, 1.54) is 24.3 Å². The van der Waals surface area contributed by atoms with Gasteiger partial charge in [-0.2, -0.15) is 9.36 Å². The van der Waals surface area contributed by atoms with Gasteiger partial charge in [-0.15, -0.1) is 0 Å². The molecule has 6 N–H and O–H groups in total. The second-order valence-corrected chi connectivity index (χ2v) is 8.87. The molecular formula is C26H12N2O12. The first-order chi connectivity index (χ1) is 18.9. The molecule has 0 fully saturated rings. The van der Waals surface area contributed by atoms with Crippen molar-refractivity contribution < 1.29 is 59.4 Å². The minimum Gasteiger partial charge on any atom is -0.478 e. The van der Waals surface area contributed by atoms with Gasteiger partial charge < -0.3 is 30.6 Å². The Labute approximate surface area is 218 Å². The zero-order chi connectivity index (χ0) is 28.9. The van der Waals surface area contributed by atoms with E-state index in [9.17, 15) is 59.4 Å². The number of carboxylic acids is 4. The number of benzene rings is 5. The summed E-state index contributed by atoms with van der Waals surface area (Å²) >= 11 is 0. The van der Waals surface area contributed by atoms with Gasteiger partial charge in [0.25, 0.3) is 0 Å². The topological polar surface area (TPSA) is 234 Å². The zero-order valence-corrected chi connectivity index (χ0v) is 19.5. The quantitative estimate of drug-likeness (QED) is 0.134. The highest BCUT2D eigenvalue weighted by Gasteiger charge is 2.33. The number of aromatic carboxylic acids is 4. The minimum absolute atomic E-state index is 0.0614. The third-order valence-corrected chi connectivity index (χ3v) is 6.97. The highest BCUT2D eigenvalue weighted by atomic mass is 16.4. The molecule has 0 saturated heterocycles. The molecule has 14 nitrogen and oxygen atoms in total. The lowest BCUT2D eigenvalue weighted by molar-refractivity contribution is 0.0653. The number of nitrogens with zero attached hydrogens (tertiary/aromatic N) is 2. The van der Waals surface area contributed by atoms with Crippen LogP contribution in [0.2, 0.25) is 0 Å². The molecule has 5 aromatic carbocycles. The van der Waals surface area contributed by atoms with Crippen molar-refractivity contribution in [1.82, 2.24) is 9.36 Å². The highest BCUT2D eigenvalue weighted by molar-refractivity contribution is 6.44. The van der Waals surface area contributed by atoms with Crippen LogP contribution in [0.3, 0.4) is 0 Å². The third kappa shape index (κ3) is 2.80. The van der Waals surface area contributed by atoms with Crippen LogP contribution in [-0.2, 0) is 0 Å². The molecule has 40 heavy (non-hydrogen) atoms. The number of carbonyl (C=O) groups is 6. The van der Waals surface area contributed by atoms with E-state index in [1.807, 2.05) is 0 Å². The predicted molar refractivity (Wildman–Crippen MR) is 136 cm³/mol. The summed E-state index contributed by atoms with van der Waals surface area (Å²) in [5, 5.41) is 59.7. The lowest BCUT2D eigenvalue weighted by atomic mass is 9.82. The van der Waals surface area contributed by atoms with Crippen molar-refractivity contribution in [3.05, 3.63) is 58.7 Å². The van der Waals surface area contributed by atoms with Crippen molar-refractivity contribution in [2.45, 2.75) is 0 Å². The number of carboxylic acid groups (broad SMARTS) is 6. The molecule has 0 radical (unpaired) electrons. The summed E-state index contributed by atoms with van der Waals surface area (Å²) < 4.78 is 0.361. The molecule has 0 aliphatic rings. The molecule has 0 amide bonds. The first-order valence-corrected chi connectivity index (χ1v) is 11.1. The number of rotatable bonds is 4. The lowest BCUT2D eigenvalue weighted by Gasteiger charge is -2.25. The van der Waals surface area contributed by atoms with Gasteiger partial charge in [0.2, 0.25) is 0 Å². The Morgan fingerprint density at radius 1 is 0.500 bits per heavy atom. The van der Waals surface area contributed by atoms with Crippen LogP contribution in [0.4, 0.5) is 9.59 Å². The van der Waals surface area contributed by atoms with Gasteiger partial charge in [0, 0.05) is 26.9 Å². The summed E-state index contributed by atoms with van der Waals surface area (Å²) in [6.07, 6.45) is -3.81. The van der Waals surface area contributed by atoms with Crippen molar-refractivity contribution in [2.24, 2.45) is 0 Å². The average Bonchev–Trinajstić information content (AvgIpc) is 2.88. The Morgan fingerprint density at radius 3 is 1.50 bits per heavy atom. The molecule has 0 unspecified atom stereocenters. The second kappa shape index (κ2) is 7.67. The van der Waals surface area contributed by atoms with Crippen LogP contribution in [0.25, 0.3) is 54.1 Å². The van der Waals surface area contributed by atoms with Crippen LogP contribution < -0.4 is 0 Å². The fraction of sp³-hybridized carbons (Fsp3) is 0. The molecule has 14 heteroatoms. The van der Waals surface area contributed by atoms with Crippen LogP contribution in [0.15, 0.2) is 36.4 Å². The molecular weight excluding hydrogens is 532 g/mol. The van der Waals surface area contributed by atoms with E-state index in [4.69, 9.17) is 0 Å². The molecule has 0 aliphatic heterocycles. The Balaban J connectivity index is 2.20. The molecule has 0 atom stereocenters. The van der Waals surface area contributed by atoms with Gasteiger partial charge in [0.05, 0.1) is 33.3 Å². The third-order valence-electron chi connectivity index (χ3n) is 6.97. The van der Waals surface area contributed by atoms with Gasteiger partial charge in [0.1, 0.15) is 0 Å². The standard InChI is InChI=1S/C26H12N2O12/c29-21(30)9-4-7-2-1-3-8-14(7)20-15(9)10(22(31)32)5-13-19(20)18-12(27(25(37)38)28(13)26(39)40)6-11(23(33)34)17(16(8)18)24(35)36/h1-6H,(H,29,30)(H,31,32)(H,33,34)(H,35,36)(H,37,38)(H,39,40). The summed E-state index contributed by atoms with van der Waals surface area (Å²) in [6, 6.07) is 7.00. The Hall–Kier alpha value is -6.18. The first kappa shape index (κ1) is 24.2. The van der Waals surface area contributed by atoms with Crippen LogP contribution in [-0.4, -0.2) is 76.1 Å². The van der Waals surface area contributed by atoms with E-state index in [-0.39, 0.29) is 52.5 Å². The van der Waals surface area contributed by atoms with Crippen LogP contribution in [0.1, 0.15) is 41.4 Å². The highest BCUT2D eigenvalue weighted by Crippen LogP contribution is 2.48. The van der Waals surface area contributed by atoms with E-state index in [0.717, 1.165) is 6.07 Å². The van der Waals surface area contributed by atoms with Crippen LogP contribution >= 0.6 is 0 Å². The van der Waals surface area contributed by atoms with E-state index >= 15 is 0 Å². The normalized spacial score (nSPS) is 11.7. The van der Waals surface area contributed by atoms with E-state index in [0.29, 0.717) is 6.07 Å². The molecule has 0 aliphatic carbocycles. The number of aromatic nitrogens is 2. The summed E-state index contributed by atoms with van der Waals surface area (Å²) in [5.41, 5.74) is -3.69. The van der Waals surface area contributed by atoms with E-state index in [2.05, 4.69) is 0 Å². The molecule has 0 saturated carbocycles. The lowest BCUT2D eigenvalue weighted by Crippen LogP contribution is -2.29. The van der Waals surface area contributed by atoms with Gasteiger partial charge in [-0.3, -0.25) is 0 Å². The summed E-state index contributed by atoms with van der Waals surface area (Å²) in [7, 11) is 0. The van der Waals surface area contributed by atoms with Crippen molar-refractivity contribution in [3.8, 4) is 0 Å². The zero-order valence-electron chi connectivity index (χ0n) is 19.5. The molecule has 1 aromatic heterocycles. The Kier molecular flexibility index (Phi) is 4.64. The maximum absolute atomic E-state index is 12.5. The smallest absolute Gasteiger partial charge is 0.431 e. The van der Waals surface area contributed by atoms with Crippen molar-refractivity contribution in [1.29, 1.82) is 0 Å². The maximum atomic E-state index is 12.5. The van der Waals surface area contributed by atoms with Crippen LogP contribution in [0.5, 0.6) is 0 Å². The Morgan fingerprint density at radius 2 is 1.00 bits per heavy atom. The molecule has 6 aromatic rings. The first-order valence-electron chi connectivity index (χ1n) is 11.1. The fourth-order valence-corrected chi connectivity index (χ4v) is 5.70. The van der Waals surface area contributed by atoms with Gasteiger partial charge >= 0.3 is 36.1 Å².